The van der Waals surface area contributed by atoms with Crippen molar-refractivity contribution in [1.82, 2.24) is 14.7 Å². The van der Waals surface area contributed by atoms with Crippen molar-refractivity contribution in [2.45, 2.75) is 58.6 Å². The van der Waals surface area contributed by atoms with E-state index in [4.69, 9.17) is 0 Å². The summed E-state index contributed by atoms with van der Waals surface area (Å²) in [6, 6.07) is 9.97. The lowest BCUT2D eigenvalue weighted by molar-refractivity contribution is -0.0609. The van der Waals surface area contributed by atoms with E-state index in [-0.39, 0.29) is 11.8 Å². The topological polar surface area (TPSA) is 58.4 Å². The average Bonchev–Trinajstić information content (AvgIpc) is 3.25. The Morgan fingerprint density at radius 2 is 2.11 bits per heavy atom. The number of aromatic nitrogens is 2. The van der Waals surface area contributed by atoms with Crippen LogP contribution in [0.5, 0.6) is 0 Å². The van der Waals surface area contributed by atoms with Gasteiger partial charge in [0.1, 0.15) is 0 Å². The molecule has 1 aromatic heterocycles. The summed E-state index contributed by atoms with van der Waals surface area (Å²) >= 11 is 0. The van der Waals surface area contributed by atoms with Gasteiger partial charge in [-0.15, -0.1) is 0 Å². The van der Waals surface area contributed by atoms with E-state index in [1.807, 2.05) is 40.8 Å². The Labute approximate surface area is 167 Å². The molecule has 2 heterocycles. The molecule has 1 aliphatic heterocycles. The fraction of sp³-hybridized carbons (Fsp3) is 0.565. The summed E-state index contributed by atoms with van der Waals surface area (Å²) < 4.78 is 1.98. The second-order valence-corrected chi connectivity index (χ2v) is 8.71. The Morgan fingerprint density at radius 1 is 1.29 bits per heavy atom. The minimum Gasteiger partial charge on any atom is -0.390 e. The molecule has 2 fully saturated rings. The molecule has 5 nitrogen and oxygen atoms in total. The zero-order valence-corrected chi connectivity index (χ0v) is 17.2. The van der Waals surface area contributed by atoms with Crippen LogP contribution >= 0.6 is 0 Å². The zero-order valence-electron chi connectivity index (χ0n) is 17.2. The lowest BCUT2D eigenvalue weighted by atomic mass is 9.69. The average molecular weight is 382 g/mol. The normalized spacial score (nSPS) is 27.1. The molecule has 4 rings (SSSR count). The van der Waals surface area contributed by atoms with Crippen LogP contribution in [-0.2, 0) is 6.54 Å². The number of carbonyl (C=O) groups is 1. The standard InChI is InChI=1S/C23H31N3O2/c1-4-23(28)10-6-9-20-14-25(15-21(20)23)22(27)19-8-5-7-18(12-19)13-26-17(3)11-16(2)24-26/h5,7-8,11-12,20-21,28H,4,6,9-10,13-15H2,1-3H3/t20-,21+,23-/m0/s1. The van der Waals surface area contributed by atoms with Gasteiger partial charge in [-0.3, -0.25) is 9.48 Å². The third-order valence-corrected chi connectivity index (χ3v) is 6.82. The van der Waals surface area contributed by atoms with Gasteiger partial charge < -0.3 is 10.0 Å². The number of aliphatic hydroxyl groups is 1. The van der Waals surface area contributed by atoms with Gasteiger partial charge >= 0.3 is 0 Å². The fourth-order valence-electron chi connectivity index (χ4n) is 5.23. The number of likely N-dealkylation sites (tertiary alicyclic amines) is 1. The van der Waals surface area contributed by atoms with Crippen LogP contribution in [-0.4, -0.2) is 44.4 Å². The molecule has 1 saturated carbocycles. The van der Waals surface area contributed by atoms with Crippen molar-refractivity contribution >= 4 is 5.91 Å². The van der Waals surface area contributed by atoms with Crippen LogP contribution < -0.4 is 0 Å². The molecule has 1 N–H and O–H groups in total. The fourth-order valence-corrected chi connectivity index (χ4v) is 5.23. The van der Waals surface area contributed by atoms with Gasteiger partial charge in [-0.1, -0.05) is 25.5 Å². The molecule has 1 aliphatic carbocycles. The SMILES string of the molecule is CC[C@]1(O)CCC[C@H]2CN(C(=O)c3cccc(Cn4nc(C)cc4C)c3)C[C@H]21. The number of benzene rings is 1. The molecule has 3 atom stereocenters. The monoisotopic (exact) mass is 381 g/mol. The molecule has 1 saturated heterocycles. The molecular weight excluding hydrogens is 350 g/mol. The van der Waals surface area contributed by atoms with Crippen LogP contribution in [0, 0.1) is 25.7 Å². The smallest absolute Gasteiger partial charge is 0.253 e. The summed E-state index contributed by atoms with van der Waals surface area (Å²) in [7, 11) is 0. The number of aryl methyl sites for hydroxylation is 2. The van der Waals surface area contributed by atoms with Crippen LogP contribution in [0.15, 0.2) is 30.3 Å². The summed E-state index contributed by atoms with van der Waals surface area (Å²) in [5.41, 5.74) is 3.34. The first-order chi connectivity index (χ1) is 13.4. The lowest BCUT2D eigenvalue weighted by Crippen LogP contribution is -2.44. The highest BCUT2D eigenvalue weighted by atomic mass is 16.3. The first-order valence-electron chi connectivity index (χ1n) is 10.5. The minimum atomic E-state index is -0.602. The van der Waals surface area contributed by atoms with E-state index in [1.165, 1.54) is 0 Å². The Morgan fingerprint density at radius 3 is 2.82 bits per heavy atom. The second-order valence-electron chi connectivity index (χ2n) is 8.71. The van der Waals surface area contributed by atoms with Crippen molar-refractivity contribution in [3.05, 3.63) is 52.8 Å². The molecule has 2 aliphatic rings. The summed E-state index contributed by atoms with van der Waals surface area (Å²) in [5, 5.41) is 15.5. The van der Waals surface area contributed by atoms with Gasteiger partial charge in [0.15, 0.2) is 0 Å². The minimum absolute atomic E-state index is 0.0862. The van der Waals surface area contributed by atoms with E-state index < -0.39 is 5.60 Å². The molecule has 28 heavy (non-hydrogen) atoms. The molecule has 0 spiro atoms. The molecule has 0 radical (unpaired) electrons. The number of fused-ring (bicyclic) bond motifs is 1. The van der Waals surface area contributed by atoms with Crippen LogP contribution in [0.3, 0.4) is 0 Å². The van der Waals surface area contributed by atoms with Crippen molar-refractivity contribution in [1.29, 1.82) is 0 Å². The van der Waals surface area contributed by atoms with Crippen molar-refractivity contribution < 1.29 is 9.90 Å². The van der Waals surface area contributed by atoms with Crippen LogP contribution in [0.2, 0.25) is 0 Å². The summed E-state index contributed by atoms with van der Waals surface area (Å²) in [6.07, 6.45) is 3.82. The highest BCUT2D eigenvalue weighted by Crippen LogP contribution is 2.44. The lowest BCUT2D eigenvalue weighted by Gasteiger charge is -2.40. The van der Waals surface area contributed by atoms with E-state index in [2.05, 4.69) is 25.0 Å². The molecule has 2 aromatic rings. The third kappa shape index (κ3) is 3.48. The third-order valence-electron chi connectivity index (χ3n) is 6.82. The Kier molecular flexibility index (Phi) is 5.04. The maximum Gasteiger partial charge on any atom is 0.253 e. The number of amides is 1. The van der Waals surface area contributed by atoms with Crippen molar-refractivity contribution in [3.8, 4) is 0 Å². The number of carbonyl (C=O) groups excluding carboxylic acids is 1. The van der Waals surface area contributed by atoms with Crippen LogP contribution in [0.1, 0.15) is 59.9 Å². The van der Waals surface area contributed by atoms with E-state index >= 15 is 0 Å². The number of nitrogens with zero attached hydrogens (tertiary/aromatic N) is 3. The Balaban J connectivity index is 1.50. The summed E-state index contributed by atoms with van der Waals surface area (Å²) in [5.74, 6) is 0.733. The molecule has 5 heteroatoms. The first-order valence-corrected chi connectivity index (χ1v) is 10.5. The molecular formula is C23H31N3O2. The van der Waals surface area contributed by atoms with Gasteiger partial charge in [-0.2, -0.15) is 5.10 Å². The van der Waals surface area contributed by atoms with Crippen LogP contribution in [0.4, 0.5) is 0 Å². The van der Waals surface area contributed by atoms with Crippen molar-refractivity contribution in [2.24, 2.45) is 11.8 Å². The predicted molar refractivity (Wildman–Crippen MR) is 109 cm³/mol. The molecule has 1 aromatic carbocycles. The molecule has 150 valence electrons. The number of hydrogen-bond donors (Lipinski definition) is 1. The first kappa shape index (κ1) is 19.2. The highest BCUT2D eigenvalue weighted by Gasteiger charge is 2.48. The molecule has 1 amide bonds. The summed E-state index contributed by atoms with van der Waals surface area (Å²) in [6.45, 7) is 8.23. The Bertz CT molecular complexity index is 874. The zero-order chi connectivity index (χ0) is 19.9. The Hall–Kier alpha value is -2.14. The van der Waals surface area contributed by atoms with E-state index in [1.54, 1.807) is 0 Å². The van der Waals surface area contributed by atoms with Gasteiger partial charge in [0.2, 0.25) is 0 Å². The van der Waals surface area contributed by atoms with Gasteiger partial charge in [0.25, 0.3) is 5.91 Å². The molecule has 0 unspecified atom stereocenters. The quantitative estimate of drug-likeness (QED) is 0.881. The number of hydrogen-bond acceptors (Lipinski definition) is 3. The van der Waals surface area contributed by atoms with E-state index in [0.717, 1.165) is 54.7 Å². The second kappa shape index (κ2) is 7.36. The highest BCUT2D eigenvalue weighted by molar-refractivity contribution is 5.94. The maximum atomic E-state index is 13.2. The van der Waals surface area contributed by atoms with E-state index in [0.29, 0.717) is 19.0 Å². The summed E-state index contributed by atoms with van der Waals surface area (Å²) in [4.78, 5) is 15.1. The predicted octanol–water partition coefficient (Wildman–Crippen LogP) is 3.56. The largest absolute Gasteiger partial charge is 0.390 e. The maximum absolute atomic E-state index is 13.2. The van der Waals surface area contributed by atoms with Crippen molar-refractivity contribution in [3.63, 3.8) is 0 Å². The molecule has 0 bridgehead atoms. The van der Waals surface area contributed by atoms with Gasteiger partial charge in [-0.25, -0.2) is 0 Å². The van der Waals surface area contributed by atoms with Gasteiger partial charge in [0.05, 0.1) is 17.8 Å². The van der Waals surface area contributed by atoms with Crippen LogP contribution in [0.25, 0.3) is 0 Å². The van der Waals surface area contributed by atoms with Gasteiger partial charge in [0, 0.05) is 30.3 Å². The van der Waals surface area contributed by atoms with E-state index in [9.17, 15) is 9.90 Å². The van der Waals surface area contributed by atoms with Crippen molar-refractivity contribution in [2.75, 3.05) is 13.1 Å². The van der Waals surface area contributed by atoms with Gasteiger partial charge in [-0.05, 0) is 62.8 Å². The number of rotatable bonds is 4.